The Balaban J connectivity index is 1.47. The van der Waals surface area contributed by atoms with Crippen molar-refractivity contribution in [3.8, 4) is 0 Å². The van der Waals surface area contributed by atoms with E-state index in [1.165, 1.54) is 12.1 Å². The lowest BCUT2D eigenvalue weighted by Gasteiger charge is -2.30. The molecule has 2 amide bonds. The number of primary amides is 1. The van der Waals surface area contributed by atoms with Gasteiger partial charge in [0.15, 0.2) is 0 Å². The van der Waals surface area contributed by atoms with Crippen molar-refractivity contribution in [2.45, 2.75) is 30.7 Å². The number of benzene rings is 2. The molecular formula is C22H27ClN4O4S. The molecule has 1 heterocycles. The van der Waals surface area contributed by atoms with Gasteiger partial charge in [0.05, 0.1) is 5.02 Å². The summed E-state index contributed by atoms with van der Waals surface area (Å²) in [4.78, 5) is 25.8. The predicted molar refractivity (Wildman–Crippen MR) is 124 cm³/mol. The molecule has 1 saturated heterocycles. The molecule has 1 aliphatic rings. The number of rotatable bonds is 9. The molecule has 3 rings (SSSR count). The largest absolute Gasteiger partial charge is 0.369 e. The fourth-order valence-corrected chi connectivity index (χ4v) is 5.19. The summed E-state index contributed by atoms with van der Waals surface area (Å²) in [5.41, 5.74) is 7.07. The number of hydrogen-bond acceptors (Lipinski definition) is 5. The minimum absolute atomic E-state index is 0.0189. The van der Waals surface area contributed by atoms with E-state index in [1.54, 1.807) is 18.2 Å². The van der Waals surface area contributed by atoms with Crippen molar-refractivity contribution in [1.82, 2.24) is 9.62 Å². The predicted octanol–water partition coefficient (Wildman–Crippen LogP) is 2.34. The molecular weight excluding hydrogens is 452 g/mol. The number of carbonyl (C=O) groups is 2. The molecule has 0 radical (unpaired) electrons. The minimum Gasteiger partial charge on any atom is -0.369 e. The van der Waals surface area contributed by atoms with E-state index in [9.17, 15) is 18.0 Å². The van der Waals surface area contributed by atoms with E-state index in [1.807, 2.05) is 18.2 Å². The molecule has 0 unspecified atom stereocenters. The highest BCUT2D eigenvalue weighted by molar-refractivity contribution is 7.89. The summed E-state index contributed by atoms with van der Waals surface area (Å²) >= 11 is 5.94. The second-order valence-corrected chi connectivity index (χ2v) is 9.92. The molecule has 0 bridgehead atoms. The summed E-state index contributed by atoms with van der Waals surface area (Å²) in [6.07, 6.45) is 1.50. The molecule has 8 nitrogen and oxygen atoms in total. The lowest BCUT2D eigenvalue weighted by atomic mass is 9.96. The van der Waals surface area contributed by atoms with E-state index >= 15 is 0 Å². The average molecular weight is 479 g/mol. The van der Waals surface area contributed by atoms with Crippen LogP contribution >= 0.6 is 11.6 Å². The van der Waals surface area contributed by atoms with Gasteiger partial charge < -0.3 is 11.1 Å². The molecule has 2 aromatic carbocycles. The first-order chi connectivity index (χ1) is 15.2. The average Bonchev–Trinajstić information content (AvgIpc) is 2.74. The van der Waals surface area contributed by atoms with Crippen LogP contribution < -0.4 is 15.8 Å². The van der Waals surface area contributed by atoms with Crippen molar-refractivity contribution in [1.29, 1.82) is 0 Å². The summed E-state index contributed by atoms with van der Waals surface area (Å²) in [6.45, 7) is 2.27. The molecule has 0 spiro atoms. The van der Waals surface area contributed by atoms with Crippen molar-refractivity contribution in [2.24, 2.45) is 11.7 Å². The van der Waals surface area contributed by atoms with Crippen LogP contribution in [0.5, 0.6) is 0 Å². The van der Waals surface area contributed by atoms with Crippen LogP contribution in [0, 0.1) is 5.92 Å². The van der Waals surface area contributed by atoms with E-state index in [4.69, 9.17) is 17.3 Å². The Kier molecular flexibility index (Phi) is 8.25. The fraction of sp³-hybridized carbons (Fsp3) is 0.364. The standard InChI is InChI=1S/C22H27ClN4O4S/c23-19-6-1-2-7-20(19)32(30,31)25-11-8-21(28)26-18-5-3-4-16(14-18)15-27-12-9-17(10-13-27)22(24)29/h1-7,14,17,25H,8-13,15H2,(H2,24,29)(H,26,28). The van der Waals surface area contributed by atoms with Gasteiger partial charge in [-0.15, -0.1) is 0 Å². The van der Waals surface area contributed by atoms with Gasteiger partial charge in [0.2, 0.25) is 21.8 Å². The van der Waals surface area contributed by atoms with Gasteiger partial charge in [-0.1, -0.05) is 35.9 Å². The van der Waals surface area contributed by atoms with Gasteiger partial charge >= 0.3 is 0 Å². The van der Waals surface area contributed by atoms with Crippen LogP contribution in [-0.4, -0.2) is 44.8 Å². The minimum atomic E-state index is -3.79. The van der Waals surface area contributed by atoms with Crippen LogP contribution in [0.25, 0.3) is 0 Å². The zero-order chi connectivity index (χ0) is 23.1. The quantitative estimate of drug-likeness (QED) is 0.510. The molecule has 172 valence electrons. The maximum absolute atomic E-state index is 12.3. The van der Waals surface area contributed by atoms with Gasteiger partial charge in [-0.2, -0.15) is 0 Å². The lowest BCUT2D eigenvalue weighted by molar-refractivity contribution is -0.123. The van der Waals surface area contributed by atoms with Crippen LogP contribution in [0.1, 0.15) is 24.8 Å². The number of nitrogens with one attached hydrogen (secondary N) is 2. The van der Waals surface area contributed by atoms with Crippen molar-refractivity contribution in [3.63, 3.8) is 0 Å². The Morgan fingerprint density at radius 1 is 1.09 bits per heavy atom. The Hall–Kier alpha value is -2.46. The molecule has 4 N–H and O–H groups in total. The summed E-state index contributed by atoms with van der Waals surface area (Å²) in [5, 5.41) is 2.92. The number of sulfonamides is 1. The van der Waals surface area contributed by atoms with Crippen molar-refractivity contribution >= 4 is 39.1 Å². The number of hydrogen-bond donors (Lipinski definition) is 3. The zero-order valence-corrected chi connectivity index (χ0v) is 19.2. The first-order valence-corrected chi connectivity index (χ1v) is 12.3. The molecule has 0 atom stereocenters. The van der Waals surface area contributed by atoms with Gasteiger partial charge in [0.1, 0.15) is 4.90 Å². The number of amides is 2. The third-order valence-corrected chi connectivity index (χ3v) is 7.34. The molecule has 1 fully saturated rings. The number of carbonyl (C=O) groups excluding carboxylic acids is 2. The topological polar surface area (TPSA) is 122 Å². The molecule has 2 aromatic rings. The second kappa shape index (κ2) is 10.9. The summed E-state index contributed by atoms with van der Waals surface area (Å²) < 4.78 is 27.1. The monoisotopic (exact) mass is 478 g/mol. The highest BCUT2D eigenvalue weighted by atomic mass is 35.5. The second-order valence-electron chi connectivity index (χ2n) is 7.78. The van der Waals surface area contributed by atoms with Gasteiger partial charge in [-0.25, -0.2) is 13.1 Å². The van der Waals surface area contributed by atoms with E-state index < -0.39 is 10.0 Å². The van der Waals surface area contributed by atoms with Gasteiger partial charge in [0.25, 0.3) is 0 Å². The van der Waals surface area contributed by atoms with Gasteiger partial charge in [-0.05, 0) is 55.8 Å². The maximum Gasteiger partial charge on any atom is 0.242 e. The molecule has 10 heteroatoms. The third-order valence-electron chi connectivity index (χ3n) is 5.38. The normalized spacial score (nSPS) is 15.4. The Labute approximate surface area is 193 Å². The Morgan fingerprint density at radius 2 is 1.81 bits per heavy atom. The SMILES string of the molecule is NC(=O)C1CCN(Cc2cccc(NC(=O)CCNS(=O)(=O)c3ccccc3Cl)c2)CC1. The molecule has 0 aromatic heterocycles. The number of anilines is 1. The number of piperidine rings is 1. The van der Waals surface area contributed by atoms with Crippen LogP contribution in [0.2, 0.25) is 5.02 Å². The number of likely N-dealkylation sites (tertiary alicyclic amines) is 1. The molecule has 0 saturated carbocycles. The number of nitrogens with two attached hydrogens (primary N) is 1. The van der Waals surface area contributed by atoms with Crippen LogP contribution in [0.3, 0.4) is 0 Å². The smallest absolute Gasteiger partial charge is 0.242 e. The Bertz CT molecular complexity index is 1070. The maximum atomic E-state index is 12.3. The van der Waals surface area contributed by atoms with E-state index in [2.05, 4.69) is 14.9 Å². The van der Waals surface area contributed by atoms with Crippen LogP contribution in [0.4, 0.5) is 5.69 Å². The van der Waals surface area contributed by atoms with Crippen LogP contribution in [-0.2, 0) is 26.2 Å². The highest BCUT2D eigenvalue weighted by Gasteiger charge is 2.23. The van der Waals surface area contributed by atoms with E-state index in [0.717, 1.165) is 31.5 Å². The first-order valence-electron chi connectivity index (χ1n) is 10.4. The highest BCUT2D eigenvalue weighted by Crippen LogP contribution is 2.21. The summed E-state index contributed by atoms with van der Waals surface area (Å²) in [7, 11) is -3.79. The lowest BCUT2D eigenvalue weighted by Crippen LogP contribution is -2.38. The van der Waals surface area contributed by atoms with E-state index in [-0.39, 0.29) is 40.6 Å². The van der Waals surface area contributed by atoms with Gasteiger partial charge in [0, 0.05) is 31.1 Å². The van der Waals surface area contributed by atoms with Crippen molar-refractivity contribution in [3.05, 3.63) is 59.1 Å². The van der Waals surface area contributed by atoms with Crippen LogP contribution in [0.15, 0.2) is 53.4 Å². The van der Waals surface area contributed by atoms with Crippen molar-refractivity contribution < 1.29 is 18.0 Å². The molecule has 32 heavy (non-hydrogen) atoms. The third kappa shape index (κ3) is 6.77. The first kappa shape index (κ1) is 24.2. The fourth-order valence-electron chi connectivity index (χ4n) is 3.64. The Morgan fingerprint density at radius 3 is 2.50 bits per heavy atom. The molecule has 1 aliphatic heterocycles. The van der Waals surface area contributed by atoms with Crippen molar-refractivity contribution in [2.75, 3.05) is 25.0 Å². The molecule has 0 aliphatic carbocycles. The number of nitrogens with zero attached hydrogens (tertiary/aromatic N) is 1. The summed E-state index contributed by atoms with van der Waals surface area (Å²) in [6, 6.07) is 13.7. The zero-order valence-electron chi connectivity index (χ0n) is 17.6. The van der Waals surface area contributed by atoms with E-state index in [0.29, 0.717) is 12.2 Å². The summed E-state index contributed by atoms with van der Waals surface area (Å²) in [5.74, 6) is -0.581. The van der Waals surface area contributed by atoms with Gasteiger partial charge in [-0.3, -0.25) is 14.5 Å². The number of halogens is 1.